The van der Waals surface area contributed by atoms with Crippen molar-refractivity contribution in [1.29, 1.82) is 0 Å². The van der Waals surface area contributed by atoms with E-state index in [1.165, 1.54) is 21.1 Å². The summed E-state index contributed by atoms with van der Waals surface area (Å²) in [7, 11) is 3.04. The maximum absolute atomic E-state index is 12.0. The van der Waals surface area contributed by atoms with Crippen LogP contribution in [-0.2, 0) is 4.79 Å². The maximum Gasteiger partial charge on any atom is 0.164 e. The number of carbonyl (C=O) groups is 2. The van der Waals surface area contributed by atoms with Gasteiger partial charge in [0.2, 0.25) is 0 Å². The summed E-state index contributed by atoms with van der Waals surface area (Å²) < 4.78 is 10.9. The lowest BCUT2D eigenvalue weighted by Gasteiger charge is -2.11. The molecule has 0 N–H and O–H groups in total. The molecule has 0 aliphatic carbocycles. The van der Waals surface area contributed by atoms with Gasteiger partial charge in [0.15, 0.2) is 17.3 Å². The minimum absolute atomic E-state index is 0.0000471. The third-order valence-electron chi connectivity index (χ3n) is 2.48. The summed E-state index contributed by atoms with van der Waals surface area (Å²) in [5.74, 6) is 0.942. The Morgan fingerprint density at radius 1 is 1.11 bits per heavy atom. The Kier molecular flexibility index (Phi) is 5.34. The first-order valence-electron chi connectivity index (χ1n) is 5.43. The monoisotopic (exact) mass is 314 g/mol. The summed E-state index contributed by atoms with van der Waals surface area (Å²) in [5, 5.41) is 0. The number of hydrogen-bond donors (Lipinski definition) is 0. The van der Waals surface area contributed by atoms with E-state index >= 15 is 0 Å². The first-order chi connectivity index (χ1) is 8.49. The largest absolute Gasteiger partial charge is 0.493 e. The highest BCUT2D eigenvalue weighted by molar-refractivity contribution is 9.10. The van der Waals surface area contributed by atoms with Crippen molar-refractivity contribution >= 4 is 27.5 Å². The molecule has 0 aliphatic heterocycles. The highest BCUT2D eigenvalue weighted by atomic mass is 79.9. The van der Waals surface area contributed by atoms with Crippen molar-refractivity contribution in [3.05, 3.63) is 22.2 Å². The lowest BCUT2D eigenvalue weighted by molar-refractivity contribution is -0.116. The van der Waals surface area contributed by atoms with Gasteiger partial charge in [-0.25, -0.2) is 0 Å². The zero-order chi connectivity index (χ0) is 13.7. The van der Waals surface area contributed by atoms with E-state index in [1.54, 1.807) is 12.1 Å². The van der Waals surface area contributed by atoms with E-state index in [2.05, 4.69) is 15.9 Å². The summed E-state index contributed by atoms with van der Waals surface area (Å²) in [6, 6.07) is 3.30. The molecule has 18 heavy (non-hydrogen) atoms. The van der Waals surface area contributed by atoms with Crippen LogP contribution in [0.25, 0.3) is 0 Å². The van der Waals surface area contributed by atoms with E-state index < -0.39 is 0 Å². The second-order valence-corrected chi connectivity index (χ2v) is 4.67. The van der Waals surface area contributed by atoms with Gasteiger partial charge in [0.05, 0.1) is 14.2 Å². The van der Waals surface area contributed by atoms with Crippen molar-refractivity contribution < 1.29 is 19.1 Å². The molecule has 98 valence electrons. The fourth-order valence-corrected chi connectivity index (χ4v) is 2.04. The van der Waals surface area contributed by atoms with Crippen molar-refractivity contribution in [2.45, 2.75) is 19.8 Å². The molecule has 0 saturated heterocycles. The molecule has 1 aromatic rings. The molecule has 0 amide bonds. The van der Waals surface area contributed by atoms with Crippen LogP contribution in [0.2, 0.25) is 0 Å². The molecule has 1 aromatic carbocycles. The third kappa shape index (κ3) is 3.57. The van der Waals surface area contributed by atoms with Gasteiger partial charge in [0.1, 0.15) is 5.78 Å². The number of carbonyl (C=O) groups excluding carboxylic acids is 2. The Morgan fingerprint density at radius 3 is 2.17 bits per heavy atom. The van der Waals surface area contributed by atoms with Crippen LogP contribution >= 0.6 is 15.9 Å². The van der Waals surface area contributed by atoms with Crippen molar-refractivity contribution in [3.8, 4) is 11.5 Å². The average molecular weight is 315 g/mol. The van der Waals surface area contributed by atoms with E-state index in [1.807, 2.05) is 0 Å². The zero-order valence-corrected chi connectivity index (χ0v) is 12.2. The van der Waals surface area contributed by atoms with Crippen LogP contribution in [0.4, 0.5) is 0 Å². The molecule has 0 unspecified atom stereocenters. The summed E-state index contributed by atoms with van der Waals surface area (Å²) in [6.07, 6.45) is 0.447. The minimum atomic E-state index is -0.0990. The number of ether oxygens (including phenoxy) is 2. The molecule has 0 radical (unpaired) electrons. The Labute approximate surface area is 114 Å². The Balaban J connectivity index is 3.01. The van der Waals surface area contributed by atoms with Gasteiger partial charge >= 0.3 is 0 Å². The summed E-state index contributed by atoms with van der Waals surface area (Å²) in [4.78, 5) is 22.8. The van der Waals surface area contributed by atoms with Gasteiger partial charge in [-0.2, -0.15) is 0 Å². The summed E-state index contributed by atoms with van der Waals surface area (Å²) in [6.45, 7) is 1.47. The number of Topliss-reactive ketones (excluding diaryl/α,β-unsaturated/α-hetero) is 2. The Morgan fingerprint density at radius 2 is 1.67 bits per heavy atom. The smallest absolute Gasteiger partial charge is 0.164 e. The molecular formula is C13H15BrO4. The quantitative estimate of drug-likeness (QED) is 0.757. The van der Waals surface area contributed by atoms with E-state index in [0.29, 0.717) is 21.5 Å². The van der Waals surface area contributed by atoms with Crippen LogP contribution in [-0.4, -0.2) is 25.8 Å². The van der Waals surface area contributed by atoms with Gasteiger partial charge in [0, 0.05) is 22.9 Å². The fraction of sp³-hybridized carbons (Fsp3) is 0.385. The fourth-order valence-electron chi connectivity index (χ4n) is 1.49. The number of methoxy groups -OCH3 is 2. The van der Waals surface area contributed by atoms with E-state index in [-0.39, 0.29) is 24.4 Å². The summed E-state index contributed by atoms with van der Waals surface area (Å²) in [5.41, 5.74) is 0.494. The molecule has 4 nitrogen and oxygen atoms in total. The van der Waals surface area contributed by atoms with Crippen LogP contribution in [0.15, 0.2) is 16.6 Å². The standard InChI is InChI=1S/C13H15BrO4/c1-8(15)4-5-11(16)9-6-12(17-2)13(18-3)7-10(9)14/h6-7H,4-5H2,1-3H3. The van der Waals surface area contributed by atoms with Crippen LogP contribution in [0.3, 0.4) is 0 Å². The molecule has 1 rings (SSSR count). The van der Waals surface area contributed by atoms with Crippen molar-refractivity contribution in [2.75, 3.05) is 14.2 Å². The van der Waals surface area contributed by atoms with Crippen LogP contribution < -0.4 is 9.47 Å². The molecule has 5 heteroatoms. The van der Waals surface area contributed by atoms with Gasteiger partial charge < -0.3 is 14.3 Å². The van der Waals surface area contributed by atoms with E-state index in [9.17, 15) is 9.59 Å². The number of rotatable bonds is 6. The predicted molar refractivity (Wildman–Crippen MR) is 71.5 cm³/mol. The SMILES string of the molecule is COc1cc(Br)c(C(=O)CCC(C)=O)cc1OC. The predicted octanol–water partition coefficient (Wildman–Crippen LogP) is 3.02. The summed E-state index contributed by atoms with van der Waals surface area (Å²) >= 11 is 3.32. The number of ketones is 2. The third-order valence-corrected chi connectivity index (χ3v) is 3.13. The van der Waals surface area contributed by atoms with Crippen LogP contribution in [0, 0.1) is 0 Å². The lowest BCUT2D eigenvalue weighted by atomic mass is 10.0. The van der Waals surface area contributed by atoms with E-state index in [4.69, 9.17) is 9.47 Å². The van der Waals surface area contributed by atoms with Crippen molar-refractivity contribution in [2.24, 2.45) is 0 Å². The average Bonchev–Trinajstić information content (AvgIpc) is 2.35. The number of hydrogen-bond acceptors (Lipinski definition) is 4. The van der Waals surface area contributed by atoms with Crippen LogP contribution in [0.1, 0.15) is 30.1 Å². The van der Waals surface area contributed by atoms with Crippen molar-refractivity contribution in [1.82, 2.24) is 0 Å². The Hall–Kier alpha value is -1.36. The van der Waals surface area contributed by atoms with Gasteiger partial charge in [-0.3, -0.25) is 4.79 Å². The molecular weight excluding hydrogens is 300 g/mol. The lowest BCUT2D eigenvalue weighted by Crippen LogP contribution is -2.04. The molecule has 0 spiro atoms. The molecule has 0 heterocycles. The molecule has 0 atom stereocenters. The molecule has 0 aliphatic rings. The van der Waals surface area contributed by atoms with Gasteiger partial charge in [0.25, 0.3) is 0 Å². The highest BCUT2D eigenvalue weighted by Crippen LogP contribution is 2.33. The minimum Gasteiger partial charge on any atom is -0.493 e. The van der Waals surface area contributed by atoms with Gasteiger partial charge in [-0.1, -0.05) is 0 Å². The first kappa shape index (κ1) is 14.7. The van der Waals surface area contributed by atoms with Crippen LogP contribution in [0.5, 0.6) is 11.5 Å². The Bertz CT molecular complexity index is 468. The number of halogens is 1. The first-order valence-corrected chi connectivity index (χ1v) is 6.23. The molecule has 0 aromatic heterocycles. The second-order valence-electron chi connectivity index (χ2n) is 3.81. The number of benzene rings is 1. The van der Waals surface area contributed by atoms with Gasteiger partial charge in [-0.05, 0) is 35.0 Å². The van der Waals surface area contributed by atoms with Gasteiger partial charge in [-0.15, -0.1) is 0 Å². The molecule has 0 bridgehead atoms. The molecule has 0 saturated carbocycles. The second kappa shape index (κ2) is 6.54. The topological polar surface area (TPSA) is 52.6 Å². The highest BCUT2D eigenvalue weighted by Gasteiger charge is 2.15. The zero-order valence-electron chi connectivity index (χ0n) is 10.6. The maximum atomic E-state index is 12.0. The van der Waals surface area contributed by atoms with Crippen molar-refractivity contribution in [3.63, 3.8) is 0 Å². The normalized spacial score (nSPS) is 10.0. The molecule has 0 fully saturated rings. The van der Waals surface area contributed by atoms with E-state index in [0.717, 1.165) is 0 Å².